The first-order chi connectivity index (χ1) is 9.10. The normalized spacial score (nSPS) is 14.1. The molecule has 1 unspecified atom stereocenters. The van der Waals surface area contributed by atoms with E-state index in [0.29, 0.717) is 0 Å². The van der Waals surface area contributed by atoms with Gasteiger partial charge in [0.05, 0.1) is 7.11 Å². The summed E-state index contributed by atoms with van der Waals surface area (Å²) in [4.78, 5) is 11.6. The zero-order valence-electron chi connectivity index (χ0n) is 13.1. The van der Waals surface area contributed by atoms with Gasteiger partial charge in [-0.25, -0.2) is 0 Å². The minimum Gasteiger partial charge on any atom is -0.468 e. The monoisotopic (exact) mass is 273 g/mol. The topological polar surface area (TPSA) is 47.6 Å². The van der Waals surface area contributed by atoms with Crippen molar-refractivity contribution in [2.24, 2.45) is 0 Å². The standard InChI is InChI=1S/C15H31NO3/c1-5-6-7-9-12-19-13-10-8-11-15(2,16-3)14(17)18-4/h16H,5-13H2,1-4H3. The zero-order valence-corrected chi connectivity index (χ0v) is 13.1. The maximum atomic E-state index is 11.6. The van der Waals surface area contributed by atoms with E-state index in [1.54, 1.807) is 7.05 Å². The molecule has 0 aliphatic heterocycles. The highest BCUT2D eigenvalue weighted by Gasteiger charge is 2.31. The summed E-state index contributed by atoms with van der Waals surface area (Å²) in [6.45, 7) is 5.73. The molecule has 0 saturated carbocycles. The molecule has 0 aliphatic carbocycles. The molecule has 1 N–H and O–H groups in total. The minimum absolute atomic E-state index is 0.199. The average molecular weight is 273 g/mol. The van der Waals surface area contributed by atoms with Gasteiger partial charge in [-0.2, -0.15) is 0 Å². The maximum absolute atomic E-state index is 11.6. The van der Waals surface area contributed by atoms with Crippen molar-refractivity contribution in [1.29, 1.82) is 0 Å². The summed E-state index contributed by atoms with van der Waals surface area (Å²) in [5, 5.41) is 3.04. The molecule has 0 aliphatic rings. The number of hydrogen-bond acceptors (Lipinski definition) is 4. The number of methoxy groups -OCH3 is 1. The van der Waals surface area contributed by atoms with Gasteiger partial charge in [-0.05, 0) is 39.7 Å². The summed E-state index contributed by atoms with van der Waals surface area (Å²) in [7, 11) is 3.22. The Morgan fingerprint density at radius 2 is 1.74 bits per heavy atom. The Bertz CT molecular complexity index is 233. The molecular formula is C15H31NO3. The van der Waals surface area contributed by atoms with Crippen LogP contribution in [0.1, 0.15) is 58.8 Å². The Kier molecular flexibility index (Phi) is 10.9. The number of likely N-dealkylation sites (N-methyl/N-ethyl adjacent to an activating group) is 1. The van der Waals surface area contributed by atoms with Crippen LogP contribution in [-0.2, 0) is 14.3 Å². The smallest absolute Gasteiger partial charge is 0.325 e. The van der Waals surface area contributed by atoms with Gasteiger partial charge in [-0.1, -0.05) is 26.2 Å². The van der Waals surface area contributed by atoms with Crippen LogP contribution in [0.15, 0.2) is 0 Å². The first-order valence-electron chi connectivity index (χ1n) is 7.45. The highest BCUT2D eigenvalue weighted by Crippen LogP contribution is 2.15. The number of hydrogen-bond donors (Lipinski definition) is 1. The van der Waals surface area contributed by atoms with Gasteiger partial charge in [0.15, 0.2) is 0 Å². The number of carbonyl (C=O) groups is 1. The summed E-state index contributed by atoms with van der Waals surface area (Å²) < 4.78 is 10.4. The van der Waals surface area contributed by atoms with Crippen LogP contribution in [0.4, 0.5) is 0 Å². The largest absolute Gasteiger partial charge is 0.468 e. The van der Waals surface area contributed by atoms with Crippen LogP contribution in [0.5, 0.6) is 0 Å². The van der Waals surface area contributed by atoms with Crippen LogP contribution in [0.2, 0.25) is 0 Å². The molecule has 0 aromatic heterocycles. The summed E-state index contributed by atoms with van der Waals surface area (Å²) >= 11 is 0. The van der Waals surface area contributed by atoms with Gasteiger partial charge in [-0.15, -0.1) is 0 Å². The lowest BCUT2D eigenvalue weighted by Gasteiger charge is -2.25. The van der Waals surface area contributed by atoms with Gasteiger partial charge in [0.2, 0.25) is 0 Å². The molecule has 114 valence electrons. The summed E-state index contributed by atoms with van der Waals surface area (Å²) in [6.07, 6.45) is 7.69. The second kappa shape index (κ2) is 11.2. The van der Waals surface area contributed by atoms with Crippen LogP contribution >= 0.6 is 0 Å². The Labute approximate surface area is 118 Å². The van der Waals surface area contributed by atoms with Gasteiger partial charge in [0, 0.05) is 13.2 Å². The fourth-order valence-corrected chi connectivity index (χ4v) is 1.97. The summed E-state index contributed by atoms with van der Waals surface area (Å²) in [5.74, 6) is -0.199. The van der Waals surface area contributed by atoms with Crippen molar-refractivity contribution in [2.45, 2.75) is 64.3 Å². The van der Waals surface area contributed by atoms with E-state index < -0.39 is 5.54 Å². The third-order valence-electron chi connectivity index (χ3n) is 3.55. The van der Waals surface area contributed by atoms with Crippen molar-refractivity contribution in [3.63, 3.8) is 0 Å². The lowest BCUT2D eigenvalue weighted by molar-refractivity contribution is -0.148. The average Bonchev–Trinajstić information content (AvgIpc) is 2.44. The highest BCUT2D eigenvalue weighted by atomic mass is 16.5. The van der Waals surface area contributed by atoms with Crippen molar-refractivity contribution in [3.8, 4) is 0 Å². The predicted octanol–water partition coefficient (Wildman–Crippen LogP) is 2.90. The molecule has 0 radical (unpaired) electrons. The first kappa shape index (κ1) is 18.4. The Hall–Kier alpha value is -0.610. The number of unbranched alkanes of at least 4 members (excludes halogenated alkanes) is 4. The third-order valence-corrected chi connectivity index (χ3v) is 3.55. The number of rotatable bonds is 12. The molecule has 0 rings (SSSR count). The van der Waals surface area contributed by atoms with Gasteiger partial charge in [0.1, 0.15) is 5.54 Å². The van der Waals surface area contributed by atoms with E-state index in [1.165, 1.54) is 26.4 Å². The van der Waals surface area contributed by atoms with Crippen molar-refractivity contribution < 1.29 is 14.3 Å². The molecule has 0 heterocycles. The highest BCUT2D eigenvalue weighted by molar-refractivity contribution is 5.80. The Morgan fingerprint density at radius 3 is 2.26 bits per heavy atom. The molecule has 4 nitrogen and oxygen atoms in total. The molecule has 0 aromatic carbocycles. The second-order valence-electron chi connectivity index (χ2n) is 5.20. The molecule has 0 saturated heterocycles. The first-order valence-corrected chi connectivity index (χ1v) is 7.45. The van der Waals surface area contributed by atoms with E-state index in [-0.39, 0.29) is 5.97 Å². The van der Waals surface area contributed by atoms with Crippen LogP contribution < -0.4 is 5.32 Å². The Balaban J connectivity index is 3.54. The quantitative estimate of drug-likeness (QED) is 0.439. The second-order valence-corrected chi connectivity index (χ2v) is 5.20. The number of esters is 1. The van der Waals surface area contributed by atoms with Gasteiger partial charge < -0.3 is 14.8 Å². The van der Waals surface area contributed by atoms with Gasteiger partial charge in [-0.3, -0.25) is 4.79 Å². The summed E-state index contributed by atoms with van der Waals surface area (Å²) in [6, 6.07) is 0. The van der Waals surface area contributed by atoms with E-state index in [1.807, 2.05) is 6.92 Å². The van der Waals surface area contributed by atoms with Gasteiger partial charge in [0.25, 0.3) is 0 Å². The molecule has 0 fully saturated rings. The van der Waals surface area contributed by atoms with Gasteiger partial charge >= 0.3 is 5.97 Å². The lowest BCUT2D eigenvalue weighted by Crippen LogP contribution is -2.48. The van der Waals surface area contributed by atoms with E-state index in [4.69, 9.17) is 9.47 Å². The van der Waals surface area contributed by atoms with E-state index >= 15 is 0 Å². The SMILES string of the molecule is CCCCCCOCCCCC(C)(NC)C(=O)OC. The van der Waals surface area contributed by atoms with Crippen LogP contribution in [0.3, 0.4) is 0 Å². The van der Waals surface area contributed by atoms with E-state index in [2.05, 4.69) is 12.2 Å². The number of carbonyl (C=O) groups excluding carboxylic acids is 1. The molecule has 0 bridgehead atoms. The van der Waals surface area contributed by atoms with Crippen molar-refractivity contribution >= 4 is 5.97 Å². The fraction of sp³-hybridized carbons (Fsp3) is 0.933. The number of nitrogens with one attached hydrogen (secondary N) is 1. The molecule has 0 aromatic rings. The molecule has 0 amide bonds. The minimum atomic E-state index is -0.574. The molecule has 1 atom stereocenters. The maximum Gasteiger partial charge on any atom is 0.325 e. The Morgan fingerprint density at radius 1 is 1.11 bits per heavy atom. The molecule has 4 heteroatoms. The van der Waals surface area contributed by atoms with Crippen LogP contribution in [0, 0.1) is 0 Å². The molecule has 19 heavy (non-hydrogen) atoms. The van der Waals surface area contributed by atoms with E-state index in [0.717, 1.165) is 38.9 Å². The van der Waals surface area contributed by atoms with Crippen molar-refractivity contribution in [1.82, 2.24) is 5.32 Å². The lowest BCUT2D eigenvalue weighted by atomic mass is 9.95. The fourth-order valence-electron chi connectivity index (χ4n) is 1.97. The third kappa shape index (κ3) is 8.22. The van der Waals surface area contributed by atoms with Crippen LogP contribution in [0.25, 0.3) is 0 Å². The van der Waals surface area contributed by atoms with Crippen molar-refractivity contribution in [3.05, 3.63) is 0 Å². The molecule has 0 spiro atoms. The summed E-state index contributed by atoms with van der Waals surface area (Å²) in [5.41, 5.74) is -0.574. The number of ether oxygens (including phenoxy) is 2. The molecular weight excluding hydrogens is 242 g/mol. The zero-order chi connectivity index (χ0) is 14.6. The van der Waals surface area contributed by atoms with Crippen LogP contribution in [-0.4, -0.2) is 38.9 Å². The van der Waals surface area contributed by atoms with E-state index in [9.17, 15) is 4.79 Å². The predicted molar refractivity (Wildman–Crippen MR) is 78.3 cm³/mol. The van der Waals surface area contributed by atoms with Crippen molar-refractivity contribution in [2.75, 3.05) is 27.4 Å².